The number of aliphatic hydroxyl groups is 5. The molecule has 2 heterocycles. The lowest BCUT2D eigenvalue weighted by Crippen LogP contribution is -2.64. The number of nitrogens with zero attached hydrogens (tertiary/aromatic N) is 1. The zero-order valence-electron chi connectivity index (χ0n) is 17.1. The third-order valence-electron chi connectivity index (χ3n) is 6.90. The van der Waals surface area contributed by atoms with Gasteiger partial charge in [0.1, 0.15) is 12.2 Å². The van der Waals surface area contributed by atoms with Gasteiger partial charge >= 0.3 is 0 Å². The number of aryl methyl sites for hydroxylation is 2. The molecular weight excluding hydrogens is 402 g/mol. The Hall–Kier alpha value is -2.33. The summed E-state index contributed by atoms with van der Waals surface area (Å²) in [6.45, 7) is 3.22. The quantitative estimate of drug-likeness (QED) is 0.419. The minimum Gasteiger partial charge on any atom is -0.396 e. The van der Waals surface area contributed by atoms with Gasteiger partial charge in [-0.15, -0.1) is 0 Å². The highest BCUT2D eigenvalue weighted by molar-refractivity contribution is 5.85. The molecule has 2 aliphatic rings. The Labute approximate surface area is 178 Å². The van der Waals surface area contributed by atoms with Crippen molar-refractivity contribution in [3.8, 4) is 11.1 Å². The highest BCUT2D eigenvalue weighted by Gasteiger charge is 2.71. The molecular formula is C23H25NO7. The van der Waals surface area contributed by atoms with Crippen LogP contribution >= 0.6 is 0 Å². The summed E-state index contributed by atoms with van der Waals surface area (Å²) in [5, 5.41) is 56.4. The molecule has 6 unspecified atom stereocenters. The third-order valence-corrected chi connectivity index (χ3v) is 6.90. The molecule has 3 aromatic rings. The SMILES string of the molecule is Cc1cc(-c2ccc3onc(C)c3c2)ccc1[C@@H](O)C1OC2(O)C(CO)C(O)C(O)C12. The van der Waals surface area contributed by atoms with Crippen LogP contribution < -0.4 is 0 Å². The van der Waals surface area contributed by atoms with Crippen LogP contribution in [-0.4, -0.2) is 61.4 Å². The molecule has 1 aliphatic carbocycles. The Bertz CT molecular complexity index is 1140. The summed E-state index contributed by atoms with van der Waals surface area (Å²) in [5.41, 5.74) is 4.90. The average Bonchev–Trinajstić information content (AvgIpc) is 3.17. The average molecular weight is 427 g/mol. The smallest absolute Gasteiger partial charge is 0.181 e. The van der Waals surface area contributed by atoms with Crippen LogP contribution in [0.5, 0.6) is 0 Å². The van der Waals surface area contributed by atoms with Gasteiger partial charge in [-0.05, 0) is 48.2 Å². The van der Waals surface area contributed by atoms with E-state index in [0.717, 1.165) is 33.4 Å². The van der Waals surface area contributed by atoms with E-state index in [9.17, 15) is 25.5 Å². The molecule has 164 valence electrons. The number of aromatic nitrogens is 1. The fourth-order valence-electron chi connectivity index (χ4n) is 5.10. The summed E-state index contributed by atoms with van der Waals surface area (Å²) < 4.78 is 10.8. The lowest BCUT2D eigenvalue weighted by molar-refractivity contribution is -0.396. The molecule has 0 amide bonds. The number of ether oxygens (including phenoxy) is 1. The molecule has 7 atom stereocenters. The lowest BCUT2D eigenvalue weighted by atomic mass is 9.79. The van der Waals surface area contributed by atoms with E-state index in [0.29, 0.717) is 5.56 Å². The van der Waals surface area contributed by atoms with Crippen LogP contribution in [0.1, 0.15) is 22.9 Å². The fraction of sp³-hybridized carbons (Fsp3) is 0.435. The second-order valence-corrected chi connectivity index (χ2v) is 8.63. The Morgan fingerprint density at radius 2 is 1.77 bits per heavy atom. The molecule has 5 rings (SSSR count). The van der Waals surface area contributed by atoms with Gasteiger partial charge in [0.2, 0.25) is 0 Å². The van der Waals surface area contributed by atoms with Crippen LogP contribution in [0.15, 0.2) is 40.9 Å². The number of rotatable bonds is 4. The highest BCUT2D eigenvalue weighted by atomic mass is 16.7. The number of aliphatic hydroxyl groups excluding tert-OH is 4. The van der Waals surface area contributed by atoms with Crippen LogP contribution in [-0.2, 0) is 4.74 Å². The zero-order chi connectivity index (χ0) is 22.1. The normalized spacial score (nSPS) is 33.3. The molecule has 8 heteroatoms. The van der Waals surface area contributed by atoms with E-state index in [1.165, 1.54) is 0 Å². The molecule has 31 heavy (non-hydrogen) atoms. The number of hydrogen-bond acceptors (Lipinski definition) is 8. The van der Waals surface area contributed by atoms with Crippen LogP contribution in [0, 0.1) is 25.7 Å². The molecule has 2 fully saturated rings. The molecule has 5 N–H and O–H groups in total. The van der Waals surface area contributed by atoms with Crippen LogP contribution in [0.4, 0.5) is 0 Å². The number of hydrogen-bond donors (Lipinski definition) is 5. The Morgan fingerprint density at radius 3 is 2.48 bits per heavy atom. The molecule has 8 nitrogen and oxygen atoms in total. The van der Waals surface area contributed by atoms with E-state index in [4.69, 9.17) is 9.26 Å². The third kappa shape index (κ3) is 2.87. The van der Waals surface area contributed by atoms with Crippen molar-refractivity contribution in [2.45, 2.75) is 44.1 Å². The summed E-state index contributed by atoms with van der Waals surface area (Å²) in [7, 11) is 0. The largest absolute Gasteiger partial charge is 0.396 e. The summed E-state index contributed by atoms with van der Waals surface area (Å²) in [5.74, 6) is -3.76. The van der Waals surface area contributed by atoms with Crippen molar-refractivity contribution < 1.29 is 34.8 Å². The zero-order valence-corrected chi connectivity index (χ0v) is 17.1. The van der Waals surface area contributed by atoms with Gasteiger partial charge in [0.15, 0.2) is 11.4 Å². The first-order chi connectivity index (χ1) is 14.8. The molecule has 1 aliphatic heterocycles. The van der Waals surface area contributed by atoms with Crippen molar-refractivity contribution in [3.63, 3.8) is 0 Å². The first-order valence-corrected chi connectivity index (χ1v) is 10.3. The molecule has 1 aromatic heterocycles. The van der Waals surface area contributed by atoms with E-state index < -0.39 is 48.6 Å². The first-order valence-electron chi connectivity index (χ1n) is 10.3. The Balaban J connectivity index is 1.42. The van der Waals surface area contributed by atoms with Crippen molar-refractivity contribution in [3.05, 3.63) is 53.2 Å². The molecule has 0 bridgehead atoms. The second-order valence-electron chi connectivity index (χ2n) is 8.63. The van der Waals surface area contributed by atoms with E-state index >= 15 is 0 Å². The summed E-state index contributed by atoms with van der Waals surface area (Å²) in [6, 6.07) is 11.4. The molecule has 1 saturated heterocycles. The van der Waals surface area contributed by atoms with E-state index in [2.05, 4.69) is 5.16 Å². The Kier molecular flexibility index (Phi) is 4.71. The summed E-state index contributed by atoms with van der Waals surface area (Å²) in [4.78, 5) is 0. The van der Waals surface area contributed by atoms with Crippen LogP contribution in [0.2, 0.25) is 0 Å². The minimum absolute atomic E-state index is 0.530. The molecule has 2 aromatic carbocycles. The second kappa shape index (κ2) is 7.09. The maximum Gasteiger partial charge on any atom is 0.181 e. The van der Waals surface area contributed by atoms with Gasteiger partial charge in [-0.25, -0.2) is 0 Å². The van der Waals surface area contributed by atoms with Gasteiger partial charge in [-0.3, -0.25) is 0 Å². The highest BCUT2D eigenvalue weighted by Crippen LogP contribution is 2.55. The molecule has 0 spiro atoms. The standard InChI is InChI=1S/C23H25NO7/c1-10-7-12(13-4-6-17-15(8-13)11(2)24-31-17)3-5-14(10)19(26)22-18-21(28)20(27)16(9-25)23(18,29)30-22/h3-8,16,18-22,25-29H,9H2,1-2H3/t16?,18?,19-,20?,21?,22?,23?/m1/s1. The predicted octanol–water partition coefficient (Wildman–Crippen LogP) is 1.19. The maximum atomic E-state index is 10.9. The summed E-state index contributed by atoms with van der Waals surface area (Å²) >= 11 is 0. The lowest BCUT2D eigenvalue weighted by Gasteiger charge is -2.51. The first kappa shape index (κ1) is 20.6. The number of fused-ring (bicyclic) bond motifs is 2. The van der Waals surface area contributed by atoms with Crippen molar-refractivity contribution >= 4 is 11.0 Å². The summed E-state index contributed by atoms with van der Waals surface area (Å²) in [6.07, 6.45) is -4.63. The molecule has 0 radical (unpaired) electrons. The minimum atomic E-state index is -1.85. The van der Waals surface area contributed by atoms with E-state index in [1.807, 2.05) is 44.2 Å². The van der Waals surface area contributed by atoms with Gasteiger partial charge in [-0.1, -0.05) is 29.4 Å². The predicted molar refractivity (Wildman–Crippen MR) is 110 cm³/mol. The maximum absolute atomic E-state index is 10.9. The fourth-order valence-corrected chi connectivity index (χ4v) is 5.10. The topological polar surface area (TPSA) is 136 Å². The van der Waals surface area contributed by atoms with Gasteiger partial charge in [0, 0.05) is 5.39 Å². The monoisotopic (exact) mass is 427 g/mol. The van der Waals surface area contributed by atoms with Crippen molar-refractivity contribution in [1.29, 1.82) is 0 Å². The van der Waals surface area contributed by atoms with Crippen molar-refractivity contribution in [2.75, 3.05) is 6.61 Å². The van der Waals surface area contributed by atoms with Crippen LogP contribution in [0.3, 0.4) is 0 Å². The van der Waals surface area contributed by atoms with Gasteiger partial charge in [-0.2, -0.15) is 0 Å². The molecule has 1 saturated carbocycles. The Morgan fingerprint density at radius 1 is 1.06 bits per heavy atom. The number of benzene rings is 2. The van der Waals surface area contributed by atoms with E-state index in [1.54, 1.807) is 6.07 Å². The van der Waals surface area contributed by atoms with Gasteiger partial charge in [0.25, 0.3) is 0 Å². The van der Waals surface area contributed by atoms with Gasteiger partial charge < -0.3 is 34.8 Å². The van der Waals surface area contributed by atoms with Crippen LogP contribution in [0.25, 0.3) is 22.1 Å². The van der Waals surface area contributed by atoms with Gasteiger partial charge in [0.05, 0.1) is 36.3 Å². The van der Waals surface area contributed by atoms with Crippen molar-refractivity contribution in [1.82, 2.24) is 5.16 Å². The van der Waals surface area contributed by atoms with E-state index in [-0.39, 0.29) is 0 Å². The van der Waals surface area contributed by atoms with Crippen molar-refractivity contribution in [2.24, 2.45) is 11.8 Å².